The first-order chi connectivity index (χ1) is 17.4. The summed E-state index contributed by atoms with van der Waals surface area (Å²) in [7, 11) is -2.94. The maximum atomic E-state index is 14.0. The third kappa shape index (κ3) is 6.85. The summed E-state index contributed by atoms with van der Waals surface area (Å²) in [5.74, 6) is -6.80. The van der Waals surface area contributed by atoms with Gasteiger partial charge < -0.3 is 14.7 Å². The molecule has 0 aromatic carbocycles. The zero-order chi connectivity index (χ0) is 28.7. The van der Waals surface area contributed by atoms with Crippen LogP contribution in [0, 0.1) is 5.41 Å². The number of rotatable bonds is 9. The van der Waals surface area contributed by atoms with Crippen molar-refractivity contribution in [1.82, 2.24) is 9.29 Å². The molecule has 0 bridgehead atoms. The van der Waals surface area contributed by atoms with Gasteiger partial charge in [-0.15, -0.1) is 11.8 Å². The molecular weight excluding hydrogens is 550 g/mol. The number of carboxylic acid groups (broad SMARTS) is 1. The Labute approximate surface area is 225 Å². The van der Waals surface area contributed by atoms with Gasteiger partial charge in [0.25, 0.3) is 0 Å². The molecule has 1 saturated carbocycles. The maximum Gasteiger partial charge on any atom is 0.312 e. The summed E-state index contributed by atoms with van der Waals surface area (Å²) in [6.45, 7) is 3.45. The van der Waals surface area contributed by atoms with E-state index >= 15 is 0 Å². The largest absolute Gasteiger partial charge is 0.490 e. The van der Waals surface area contributed by atoms with Crippen molar-refractivity contribution in [3.8, 4) is 5.75 Å². The molecule has 0 radical (unpaired) electrons. The Bertz CT molecular complexity index is 1130. The number of hydrogen-bond acceptors (Lipinski definition) is 7. The van der Waals surface area contributed by atoms with Crippen molar-refractivity contribution in [1.29, 1.82) is 0 Å². The molecule has 0 spiro atoms. The minimum Gasteiger partial charge on any atom is -0.490 e. The van der Waals surface area contributed by atoms with E-state index in [1.54, 1.807) is 11.2 Å². The molecule has 0 unspecified atom stereocenters. The number of likely N-dealkylation sites (N-methyl/N-ethyl adjacent to an activating group) is 1. The second-order valence-corrected chi connectivity index (χ2v) is 13.6. The first-order valence-corrected chi connectivity index (χ1v) is 15.0. The van der Waals surface area contributed by atoms with Gasteiger partial charge >= 0.3 is 5.97 Å². The number of pyridine rings is 1. The number of sulfonamides is 1. The summed E-state index contributed by atoms with van der Waals surface area (Å²) < 4.78 is 89.7. The van der Waals surface area contributed by atoms with Gasteiger partial charge in [0.1, 0.15) is 16.5 Å². The van der Waals surface area contributed by atoms with E-state index in [9.17, 15) is 35.9 Å². The standard InChI is InChI=1S/C24H35F4N3O5S2/c1-22(2,21(32)33)14-36-17-12-18-19(29-20(17)37-5)31(15-7-10-24(27,28)11-8-15)13-16(6-9-23(3,25)26)30(4)38(18,34)35/h12,15-16H,6-11,13-14H2,1-5H3,(H,32,33)/t16-/m1/s1. The lowest BCUT2D eigenvalue weighted by atomic mass is 9.90. The van der Waals surface area contributed by atoms with Crippen LogP contribution < -0.4 is 9.64 Å². The van der Waals surface area contributed by atoms with Gasteiger partial charge in [-0.05, 0) is 46.3 Å². The van der Waals surface area contributed by atoms with E-state index in [4.69, 9.17) is 4.74 Å². The molecule has 0 saturated heterocycles. The van der Waals surface area contributed by atoms with E-state index in [2.05, 4.69) is 4.98 Å². The third-order valence-electron chi connectivity index (χ3n) is 7.16. The van der Waals surface area contributed by atoms with Crippen LogP contribution in [-0.2, 0) is 14.8 Å². The topological polar surface area (TPSA) is 100 Å². The van der Waals surface area contributed by atoms with Crippen molar-refractivity contribution in [2.24, 2.45) is 5.41 Å². The van der Waals surface area contributed by atoms with Gasteiger partial charge in [-0.25, -0.2) is 31.0 Å². The molecule has 1 atom stereocenters. The first-order valence-electron chi connectivity index (χ1n) is 12.3. The van der Waals surface area contributed by atoms with E-state index in [0.717, 1.165) is 23.0 Å². The highest BCUT2D eigenvalue weighted by Gasteiger charge is 2.44. The van der Waals surface area contributed by atoms with Gasteiger partial charge in [0.15, 0.2) is 11.6 Å². The number of carbonyl (C=O) groups is 1. The van der Waals surface area contributed by atoms with E-state index < -0.39 is 51.8 Å². The highest BCUT2D eigenvalue weighted by atomic mass is 32.2. The van der Waals surface area contributed by atoms with Crippen molar-refractivity contribution in [2.75, 3.05) is 31.4 Å². The number of carboxylic acids is 1. The molecule has 216 valence electrons. The maximum absolute atomic E-state index is 14.0. The van der Waals surface area contributed by atoms with E-state index in [0.29, 0.717) is 5.03 Å². The lowest BCUT2D eigenvalue weighted by Crippen LogP contribution is -2.47. The highest BCUT2D eigenvalue weighted by Crippen LogP contribution is 2.43. The van der Waals surface area contributed by atoms with Crippen LogP contribution in [0.4, 0.5) is 23.4 Å². The predicted molar refractivity (Wildman–Crippen MR) is 136 cm³/mol. The number of ether oxygens (including phenoxy) is 1. The summed E-state index contributed by atoms with van der Waals surface area (Å²) in [6, 6.07) is -0.0331. The quantitative estimate of drug-likeness (QED) is 0.315. The van der Waals surface area contributed by atoms with E-state index in [1.807, 2.05) is 0 Å². The zero-order valence-corrected chi connectivity index (χ0v) is 23.8. The summed E-state index contributed by atoms with van der Waals surface area (Å²) in [5.41, 5.74) is -1.27. The van der Waals surface area contributed by atoms with Crippen LogP contribution >= 0.6 is 11.8 Å². The number of halogens is 4. The summed E-state index contributed by atoms with van der Waals surface area (Å²) in [4.78, 5) is 17.6. The molecule has 38 heavy (non-hydrogen) atoms. The van der Waals surface area contributed by atoms with Crippen LogP contribution in [0.5, 0.6) is 5.75 Å². The van der Waals surface area contributed by atoms with Crippen molar-refractivity contribution < 1.29 is 40.6 Å². The molecule has 1 aromatic rings. The van der Waals surface area contributed by atoms with Gasteiger partial charge in [0.2, 0.25) is 21.9 Å². The Morgan fingerprint density at radius 1 is 1.26 bits per heavy atom. The number of aliphatic carboxylic acids is 1. The minimum atomic E-state index is -4.26. The Kier molecular flexibility index (Phi) is 8.89. The summed E-state index contributed by atoms with van der Waals surface area (Å²) >= 11 is 1.16. The van der Waals surface area contributed by atoms with Crippen LogP contribution in [0.25, 0.3) is 0 Å². The highest BCUT2D eigenvalue weighted by molar-refractivity contribution is 7.98. The molecule has 1 N–H and O–H groups in total. The molecule has 0 amide bonds. The molecule has 1 fully saturated rings. The molecule has 2 aliphatic rings. The monoisotopic (exact) mass is 585 g/mol. The number of alkyl halides is 4. The minimum absolute atomic E-state index is 0.0160. The fraction of sp³-hybridized carbons (Fsp3) is 0.750. The first kappa shape index (κ1) is 30.7. The number of hydrogen-bond donors (Lipinski definition) is 1. The molecule has 1 aliphatic heterocycles. The number of thioether (sulfide) groups is 1. The second kappa shape index (κ2) is 11.0. The van der Waals surface area contributed by atoms with Crippen LogP contribution in [0.15, 0.2) is 16.0 Å². The molecule has 3 rings (SSSR count). The molecule has 1 aliphatic carbocycles. The van der Waals surface area contributed by atoms with Crippen molar-refractivity contribution in [3.63, 3.8) is 0 Å². The smallest absolute Gasteiger partial charge is 0.312 e. The average molecular weight is 586 g/mol. The van der Waals surface area contributed by atoms with Gasteiger partial charge in [-0.1, -0.05) is 0 Å². The normalized spacial score (nSPS) is 22.6. The summed E-state index contributed by atoms with van der Waals surface area (Å²) in [6.07, 6.45) is 0.446. The van der Waals surface area contributed by atoms with E-state index in [1.165, 1.54) is 27.0 Å². The number of nitrogens with zero attached hydrogens (tertiary/aromatic N) is 3. The van der Waals surface area contributed by atoms with Crippen LogP contribution in [0.2, 0.25) is 0 Å². The van der Waals surface area contributed by atoms with Gasteiger partial charge in [0.05, 0.1) is 5.41 Å². The molecular formula is C24H35F4N3O5S2. The number of anilines is 1. The molecule has 2 heterocycles. The van der Waals surface area contributed by atoms with E-state index in [-0.39, 0.29) is 61.7 Å². The Morgan fingerprint density at radius 3 is 2.39 bits per heavy atom. The Morgan fingerprint density at radius 2 is 1.87 bits per heavy atom. The van der Waals surface area contributed by atoms with Crippen molar-refractivity contribution >= 4 is 33.6 Å². The Hall–Kier alpha value is -1.80. The fourth-order valence-electron chi connectivity index (χ4n) is 4.55. The molecule has 14 heteroatoms. The van der Waals surface area contributed by atoms with Crippen LogP contribution in [0.3, 0.4) is 0 Å². The lowest BCUT2D eigenvalue weighted by molar-refractivity contribution is -0.148. The van der Waals surface area contributed by atoms with Gasteiger partial charge in [0, 0.05) is 51.0 Å². The average Bonchev–Trinajstić information content (AvgIpc) is 2.88. The van der Waals surface area contributed by atoms with Gasteiger partial charge in [-0.3, -0.25) is 4.79 Å². The fourth-order valence-corrected chi connectivity index (χ4v) is 6.57. The second-order valence-electron chi connectivity index (χ2n) is 10.8. The lowest BCUT2D eigenvalue weighted by Gasteiger charge is -2.39. The van der Waals surface area contributed by atoms with Crippen molar-refractivity contribution in [3.05, 3.63) is 6.07 Å². The predicted octanol–water partition coefficient (Wildman–Crippen LogP) is 5.12. The Balaban J connectivity index is 2.11. The summed E-state index contributed by atoms with van der Waals surface area (Å²) in [5, 5.41) is 9.73. The van der Waals surface area contributed by atoms with Crippen LogP contribution in [-0.4, -0.2) is 79.2 Å². The van der Waals surface area contributed by atoms with Crippen LogP contribution in [0.1, 0.15) is 59.3 Å². The zero-order valence-electron chi connectivity index (χ0n) is 22.1. The number of aromatic nitrogens is 1. The molecule has 1 aromatic heterocycles. The molecule has 8 nitrogen and oxygen atoms in total. The third-order valence-corrected chi connectivity index (χ3v) is 9.75. The van der Waals surface area contributed by atoms with Crippen molar-refractivity contribution in [2.45, 2.75) is 93.1 Å². The SMILES string of the molecule is CSc1nc2c(cc1OCC(C)(C)C(=O)O)S(=O)(=O)N(C)[C@H](CCC(C)(F)F)CN2C1CCC(F)(F)CC1. The van der Waals surface area contributed by atoms with Gasteiger partial charge in [-0.2, -0.15) is 4.31 Å². The number of fused-ring (bicyclic) bond motifs is 1.